The van der Waals surface area contributed by atoms with Crippen LogP contribution in [0.25, 0.3) is 22.5 Å². The van der Waals surface area contributed by atoms with Gasteiger partial charge in [0.05, 0.1) is 13.1 Å². The van der Waals surface area contributed by atoms with Crippen LogP contribution in [0, 0.1) is 0 Å². The molecule has 0 unspecified atom stereocenters. The standard InChI is InChI=1S/C27H27N7O/c1-2-8-25-30-34(18-17-20-9-4-3-5-10-20)27(35)33(25)19-21-13-15-22(16-14-21)23-11-6-7-12-24(23)26-28-31-32-29-26/h3-7,9-16H,2,8,17-19H2,1H3,(H,28,29,31,32). The molecule has 176 valence electrons. The summed E-state index contributed by atoms with van der Waals surface area (Å²) in [5.74, 6) is 1.39. The summed E-state index contributed by atoms with van der Waals surface area (Å²) in [6, 6.07) is 26.4. The van der Waals surface area contributed by atoms with Crippen molar-refractivity contribution >= 4 is 0 Å². The van der Waals surface area contributed by atoms with E-state index in [4.69, 9.17) is 0 Å². The number of aromatic amines is 1. The molecule has 0 saturated heterocycles. The van der Waals surface area contributed by atoms with Gasteiger partial charge in [-0.2, -0.15) is 10.3 Å². The number of hydrogen-bond donors (Lipinski definition) is 1. The highest BCUT2D eigenvalue weighted by atomic mass is 16.2. The third kappa shape index (κ3) is 4.96. The molecule has 0 spiro atoms. The highest BCUT2D eigenvalue weighted by Crippen LogP contribution is 2.29. The second-order valence-corrected chi connectivity index (χ2v) is 8.47. The molecule has 0 fully saturated rings. The van der Waals surface area contributed by atoms with E-state index >= 15 is 0 Å². The fourth-order valence-corrected chi connectivity index (χ4v) is 4.26. The molecular formula is C27H27N7O. The molecule has 0 saturated carbocycles. The van der Waals surface area contributed by atoms with Gasteiger partial charge >= 0.3 is 5.69 Å². The Bertz CT molecular complexity index is 1440. The zero-order chi connectivity index (χ0) is 24.0. The first-order valence-corrected chi connectivity index (χ1v) is 11.9. The highest BCUT2D eigenvalue weighted by Gasteiger charge is 2.14. The van der Waals surface area contributed by atoms with E-state index in [-0.39, 0.29) is 5.69 Å². The monoisotopic (exact) mass is 465 g/mol. The number of hydrogen-bond acceptors (Lipinski definition) is 5. The molecule has 0 atom stereocenters. The third-order valence-electron chi connectivity index (χ3n) is 6.05. The first-order valence-electron chi connectivity index (χ1n) is 11.9. The van der Waals surface area contributed by atoms with Gasteiger partial charge in [0, 0.05) is 12.0 Å². The summed E-state index contributed by atoms with van der Waals surface area (Å²) in [4.78, 5) is 13.2. The van der Waals surface area contributed by atoms with E-state index in [0.29, 0.717) is 18.9 Å². The van der Waals surface area contributed by atoms with Crippen molar-refractivity contribution in [3.8, 4) is 22.5 Å². The van der Waals surface area contributed by atoms with Gasteiger partial charge in [-0.1, -0.05) is 85.8 Å². The Labute approximate surface area is 203 Å². The molecule has 2 heterocycles. The molecule has 2 aromatic heterocycles. The van der Waals surface area contributed by atoms with Gasteiger partial charge in [0.1, 0.15) is 5.82 Å². The van der Waals surface area contributed by atoms with Crippen LogP contribution in [0.1, 0.15) is 30.3 Å². The van der Waals surface area contributed by atoms with E-state index in [1.54, 1.807) is 9.25 Å². The van der Waals surface area contributed by atoms with Crippen molar-refractivity contribution in [3.63, 3.8) is 0 Å². The van der Waals surface area contributed by atoms with E-state index in [1.165, 1.54) is 5.56 Å². The van der Waals surface area contributed by atoms with Gasteiger partial charge in [-0.3, -0.25) is 4.57 Å². The molecule has 0 aliphatic carbocycles. The second kappa shape index (κ2) is 10.3. The largest absolute Gasteiger partial charge is 0.346 e. The maximum atomic E-state index is 13.2. The molecule has 0 amide bonds. The van der Waals surface area contributed by atoms with Gasteiger partial charge in [-0.05, 0) is 40.3 Å². The van der Waals surface area contributed by atoms with Gasteiger partial charge < -0.3 is 0 Å². The van der Waals surface area contributed by atoms with Crippen molar-refractivity contribution in [3.05, 3.63) is 106 Å². The summed E-state index contributed by atoms with van der Waals surface area (Å²) < 4.78 is 3.41. The lowest BCUT2D eigenvalue weighted by molar-refractivity contribution is 0.579. The zero-order valence-corrected chi connectivity index (χ0v) is 19.6. The lowest BCUT2D eigenvalue weighted by Crippen LogP contribution is -2.26. The summed E-state index contributed by atoms with van der Waals surface area (Å²) >= 11 is 0. The molecule has 0 aliphatic rings. The average Bonchev–Trinajstić information content (AvgIpc) is 3.54. The van der Waals surface area contributed by atoms with Crippen molar-refractivity contribution in [1.82, 2.24) is 35.0 Å². The van der Waals surface area contributed by atoms with Crippen molar-refractivity contribution in [2.24, 2.45) is 0 Å². The fourth-order valence-electron chi connectivity index (χ4n) is 4.26. The minimum absolute atomic E-state index is 0.0593. The van der Waals surface area contributed by atoms with Crippen LogP contribution in [0.3, 0.4) is 0 Å². The molecule has 35 heavy (non-hydrogen) atoms. The number of rotatable bonds is 9. The summed E-state index contributed by atoms with van der Waals surface area (Å²) in [5.41, 5.74) is 5.17. The normalized spacial score (nSPS) is 11.1. The summed E-state index contributed by atoms with van der Waals surface area (Å²) in [6.07, 6.45) is 2.47. The Kier molecular flexibility index (Phi) is 6.61. The van der Waals surface area contributed by atoms with Gasteiger partial charge in [0.25, 0.3) is 0 Å². The minimum atomic E-state index is -0.0593. The zero-order valence-electron chi connectivity index (χ0n) is 19.6. The maximum absolute atomic E-state index is 13.2. The van der Waals surface area contributed by atoms with Gasteiger partial charge in [-0.15, -0.1) is 10.2 Å². The average molecular weight is 466 g/mol. The van der Waals surface area contributed by atoms with E-state index in [0.717, 1.165) is 47.3 Å². The first kappa shape index (κ1) is 22.5. The molecule has 0 bridgehead atoms. The molecule has 5 rings (SSSR count). The number of tetrazole rings is 1. The smallest absolute Gasteiger partial charge is 0.274 e. The first-order chi connectivity index (χ1) is 17.2. The molecule has 0 aliphatic heterocycles. The lowest BCUT2D eigenvalue weighted by atomic mass is 9.98. The second-order valence-electron chi connectivity index (χ2n) is 8.47. The number of nitrogens with one attached hydrogen (secondary N) is 1. The van der Waals surface area contributed by atoms with Crippen LogP contribution in [0.15, 0.2) is 83.7 Å². The molecule has 0 radical (unpaired) electrons. The number of benzene rings is 3. The Balaban J connectivity index is 1.38. The Morgan fingerprint density at radius 1 is 0.829 bits per heavy atom. The SMILES string of the molecule is CCCc1nn(CCc2ccccc2)c(=O)n1Cc1ccc(-c2ccccc2-c2nn[nH]n2)cc1. The Morgan fingerprint density at radius 2 is 1.57 bits per heavy atom. The molecule has 8 nitrogen and oxygen atoms in total. The minimum Gasteiger partial charge on any atom is -0.274 e. The van der Waals surface area contributed by atoms with E-state index in [1.807, 2.05) is 42.5 Å². The number of H-pyrrole nitrogens is 1. The molecule has 5 aromatic rings. The lowest BCUT2D eigenvalue weighted by Gasteiger charge is -2.09. The van der Waals surface area contributed by atoms with Crippen molar-refractivity contribution in [1.29, 1.82) is 0 Å². The summed E-state index contributed by atoms with van der Waals surface area (Å²) in [6.45, 7) is 3.17. The quantitative estimate of drug-likeness (QED) is 0.353. The van der Waals surface area contributed by atoms with Crippen molar-refractivity contribution < 1.29 is 0 Å². The molecule has 3 aromatic carbocycles. The highest BCUT2D eigenvalue weighted by molar-refractivity contribution is 5.80. The van der Waals surface area contributed by atoms with Gasteiger partial charge in [-0.25, -0.2) is 9.48 Å². The third-order valence-corrected chi connectivity index (χ3v) is 6.05. The number of nitrogens with zero attached hydrogens (tertiary/aromatic N) is 6. The number of aryl methyl sites for hydroxylation is 3. The van der Waals surface area contributed by atoms with Crippen LogP contribution in [0.5, 0.6) is 0 Å². The van der Waals surface area contributed by atoms with Crippen molar-refractivity contribution in [2.45, 2.75) is 39.3 Å². The molecular weight excluding hydrogens is 438 g/mol. The van der Waals surface area contributed by atoms with E-state index in [9.17, 15) is 4.79 Å². The summed E-state index contributed by atoms with van der Waals surface area (Å²) in [5, 5.41) is 19.1. The Hall–Kier alpha value is -4.33. The Morgan fingerprint density at radius 3 is 2.29 bits per heavy atom. The van der Waals surface area contributed by atoms with Crippen LogP contribution in [0.4, 0.5) is 0 Å². The maximum Gasteiger partial charge on any atom is 0.346 e. The van der Waals surface area contributed by atoms with Crippen LogP contribution >= 0.6 is 0 Å². The van der Waals surface area contributed by atoms with Gasteiger partial charge in [0.15, 0.2) is 0 Å². The van der Waals surface area contributed by atoms with Gasteiger partial charge in [0.2, 0.25) is 5.82 Å². The fraction of sp³-hybridized carbons (Fsp3) is 0.222. The molecule has 8 heteroatoms. The van der Waals surface area contributed by atoms with E-state index in [2.05, 4.69) is 69.0 Å². The van der Waals surface area contributed by atoms with Crippen LogP contribution in [0.2, 0.25) is 0 Å². The molecule has 1 N–H and O–H groups in total. The summed E-state index contributed by atoms with van der Waals surface area (Å²) in [7, 11) is 0. The van der Waals surface area contributed by atoms with Crippen LogP contribution in [-0.2, 0) is 25.9 Å². The van der Waals surface area contributed by atoms with Crippen LogP contribution < -0.4 is 5.69 Å². The van der Waals surface area contributed by atoms with E-state index < -0.39 is 0 Å². The topological polar surface area (TPSA) is 94.3 Å². The number of aromatic nitrogens is 7. The van der Waals surface area contributed by atoms with Crippen LogP contribution in [-0.4, -0.2) is 35.0 Å². The van der Waals surface area contributed by atoms with Crippen molar-refractivity contribution in [2.75, 3.05) is 0 Å². The predicted octanol–water partition coefficient (Wildman–Crippen LogP) is 4.14. The predicted molar refractivity (Wildman–Crippen MR) is 135 cm³/mol.